The molecule has 2 atom stereocenters. The Kier molecular flexibility index (Phi) is 5.78. The van der Waals surface area contributed by atoms with Crippen molar-refractivity contribution in [2.24, 2.45) is 10.9 Å². The minimum Gasteiger partial charge on any atom is -0.355 e. The zero-order valence-corrected chi connectivity index (χ0v) is 15.1. The van der Waals surface area contributed by atoms with Crippen LogP contribution < -0.4 is 16.0 Å². The third-order valence-electron chi connectivity index (χ3n) is 4.84. The molecule has 0 aromatic carbocycles. The molecule has 2 saturated heterocycles. The maximum absolute atomic E-state index is 12.0. The number of aliphatic imine (C=N–C) groups is 1. The zero-order valence-electron chi connectivity index (χ0n) is 14.3. The lowest BCUT2D eigenvalue weighted by atomic mass is 9.79. The highest BCUT2D eigenvalue weighted by molar-refractivity contribution is 7.99. The van der Waals surface area contributed by atoms with Gasteiger partial charge >= 0.3 is 6.03 Å². The molecular formula is C15H27N5O2S. The Morgan fingerprint density at radius 2 is 2.13 bits per heavy atom. The number of piperidine rings is 1. The molecule has 3 amide bonds. The van der Waals surface area contributed by atoms with E-state index in [1.807, 2.05) is 18.7 Å². The van der Waals surface area contributed by atoms with Crippen LogP contribution in [0.15, 0.2) is 4.99 Å². The summed E-state index contributed by atoms with van der Waals surface area (Å²) < 4.78 is 0. The van der Waals surface area contributed by atoms with Crippen LogP contribution in [0.3, 0.4) is 0 Å². The van der Waals surface area contributed by atoms with Crippen molar-refractivity contribution >= 4 is 29.7 Å². The number of amides is 3. The van der Waals surface area contributed by atoms with Crippen molar-refractivity contribution < 1.29 is 9.59 Å². The van der Waals surface area contributed by atoms with Crippen LogP contribution in [0.1, 0.15) is 26.7 Å². The van der Waals surface area contributed by atoms with Crippen molar-refractivity contribution in [3.05, 3.63) is 0 Å². The summed E-state index contributed by atoms with van der Waals surface area (Å²) in [4.78, 5) is 30.0. The quantitative estimate of drug-likeness (QED) is 0.397. The summed E-state index contributed by atoms with van der Waals surface area (Å²) >= 11 is 1.82. The summed E-state index contributed by atoms with van der Waals surface area (Å²) in [6.45, 7) is 6.54. The molecule has 23 heavy (non-hydrogen) atoms. The minimum absolute atomic E-state index is 0.147. The van der Waals surface area contributed by atoms with Gasteiger partial charge in [0.25, 0.3) is 5.91 Å². The Bertz CT molecular complexity index is 490. The minimum atomic E-state index is -0.784. The normalized spacial score (nSPS) is 27.7. The van der Waals surface area contributed by atoms with Crippen LogP contribution >= 0.6 is 11.8 Å². The first-order valence-electron chi connectivity index (χ1n) is 8.02. The standard InChI is InChI=1S/C15H27N5O2S/c1-10(23-4)9-17-13(16-3)20-7-5-11(6-8-20)15(2)12(21)18-14(22)19-15/h10-11H,5-9H2,1-4H3,(H,16,17)(H2,18,19,21,22). The first-order valence-corrected chi connectivity index (χ1v) is 9.31. The number of rotatable bonds is 4. The van der Waals surface area contributed by atoms with Gasteiger partial charge in [-0.25, -0.2) is 4.79 Å². The molecule has 0 radical (unpaired) electrons. The molecule has 130 valence electrons. The van der Waals surface area contributed by atoms with Crippen molar-refractivity contribution in [2.75, 3.05) is 32.9 Å². The van der Waals surface area contributed by atoms with Crippen LogP contribution in [0.4, 0.5) is 4.79 Å². The van der Waals surface area contributed by atoms with Gasteiger partial charge < -0.3 is 15.5 Å². The molecule has 2 fully saturated rings. The molecule has 0 bridgehead atoms. The van der Waals surface area contributed by atoms with Gasteiger partial charge in [-0.15, -0.1) is 0 Å². The number of carbonyl (C=O) groups excluding carboxylic acids is 2. The predicted octanol–water partition coefficient (Wildman–Crippen LogP) is 0.623. The van der Waals surface area contributed by atoms with E-state index in [9.17, 15) is 9.59 Å². The molecule has 0 saturated carbocycles. The summed E-state index contributed by atoms with van der Waals surface area (Å²) in [5.41, 5.74) is -0.784. The van der Waals surface area contributed by atoms with Crippen molar-refractivity contribution in [3.8, 4) is 0 Å². The van der Waals surface area contributed by atoms with Crippen LogP contribution in [-0.2, 0) is 4.79 Å². The van der Waals surface area contributed by atoms with Gasteiger partial charge in [-0.05, 0) is 31.9 Å². The van der Waals surface area contributed by atoms with Gasteiger partial charge in [0.1, 0.15) is 5.54 Å². The third-order valence-corrected chi connectivity index (χ3v) is 5.82. The highest BCUT2D eigenvalue weighted by atomic mass is 32.2. The zero-order chi connectivity index (χ0) is 17.0. The number of guanidine groups is 1. The SMILES string of the molecule is CN=C(NCC(C)SC)N1CCC(C2(C)NC(=O)NC2=O)CC1. The Hall–Kier alpha value is -1.44. The van der Waals surface area contributed by atoms with E-state index in [2.05, 4.69) is 39.0 Å². The molecule has 2 heterocycles. The highest BCUT2D eigenvalue weighted by Crippen LogP contribution is 2.30. The van der Waals surface area contributed by atoms with Crippen molar-refractivity contribution in [3.63, 3.8) is 0 Å². The van der Waals surface area contributed by atoms with Gasteiger partial charge in [-0.2, -0.15) is 11.8 Å². The number of carbonyl (C=O) groups is 2. The van der Waals surface area contributed by atoms with Gasteiger partial charge in [0.05, 0.1) is 0 Å². The van der Waals surface area contributed by atoms with Crippen LogP contribution in [0.2, 0.25) is 0 Å². The van der Waals surface area contributed by atoms with E-state index in [-0.39, 0.29) is 17.9 Å². The fourth-order valence-electron chi connectivity index (χ4n) is 3.16. The average Bonchev–Trinajstić information content (AvgIpc) is 2.81. The number of likely N-dealkylation sites (tertiary alicyclic amines) is 1. The lowest BCUT2D eigenvalue weighted by molar-refractivity contribution is -0.125. The topological polar surface area (TPSA) is 85.8 Å². The molecule has 3 N–H and O–H groups in total. The summed E-state index contributed by atoms with van der Waals surface area (Å²) in [7, 11) is 1.80. The lowest BCUT2D eigenvalue weighted by Crippen LogP contribution is -2.55. The maximum Gasteiger partial charge on any atom is 0.322 e. The maximum atomic E-state index is 12.0. The average molecular weight is 341 g/mol. The summed E-state index contributed by atoms with van der Waals surface area (Å²) in [5, 5.41) is 9.07. The first-order chi connectivity index (χ1) is 10.9. The van der Waals surface area contributed by atoms with Gasteiger partial charge in [-0.1, -0.05) is 6.92 Å². The Morgan fingerprint density at radius 1 is 1.48 bits per heavy atom. The molecule has 2 aliphatic rings. The summed E-state index contributed by atoms with van der Waals surface area (Å²) in [5.74, 6) is 0.847. The number of imide groups is 1. The van der Waals surface area contributed by atoms with Crippen LogP contribution in [0, 0.1) is 5.92 Å². The van der Waals surface area contributed by atoms with E-state index in [1.54, 1.807) is 7.05 Å². The number of nitrogens with one attached hydrogen (secondary N) is 3. The monoisotopic (exact) mass is 341 g/mol. The molecule has 2 rings (SSSR count). The Morgan fingerprint density at radius 3 is 2.61 bits per heavy atom. The molecule has 0 spiro atoms. The summed E-state index contributed by atoms with van der Waals surface area (Å²) in [6.07, 6.45) is 3.80. The molecule has 2 aliphatic heterocycles. The molecule has 2 unspecified atom stereocenters. The van der Waals surface area contributed by atoms with Gasteiger partial charge in [0.2, 0.25) is 0 Å². The second-order valence-corrected chi connectivity index (χ2v) is 7.62. The van der Waals surface area contributed by atoms with E-state index in [1.165, 1.54) is 0 Å². The molecular weight excluding hydrogens is 314 g/mol. The predicted molar refractivity (Wildman–Crippen MR) is 93.7 cm³/mol. The van der Waals surface area contributed by atoms with E-state index in [0.29, 0.717) is 5.25 Å². The van der Waals surface area contributed by atoms with Crippen molar-refractivity contribution in [2.45, 2.75) is 37.5 Å². The van der Waals surface area contributed by atoms with Crippen molar-refractivity contribution in [1.82, 2.24) is 20.9 Å². The van der Waals surface area contributed by atoms with E-state index >= 15 is 0 Å². The van der Waals surface area contributed by atoms with Gasteiger partial charge in [0, 0.05) is 31.9 Å². The fraction of sp³-hybridized carbons (Fsp3) is 0.800. The number of thioether (sulfide) groups is 1. The van der Waals surface area contributed by atoms with Crippen LogP contribution in [0.5, 0.6) is 0 Å². The second-order valence-electron chi connectivity index (χ2n) is 6.35. The van der Waals surface area contributed by atoms with Crippen molar-refractivity contribution in [1.29, 1.82) is 0 Å². The second kappa shape index (κ2) is 7.42. The largest absolute Gasteiger partial charge is 0.355 e. The Labute approximate surface area is 142 Å². The Balaban J connectivity index is 1.90. The number of nitrogens with zero attached hydrogens (tertiary/aromatic N) is 2. The smallest absolute Gasteiger partial charge is 0.322 e. The van der Waals surface area contributed by atoms with E-state index < -0.39 is 5.54 Å². The molecule has 8 heteroatoms. The van der Waals surface area contributed by atoms with Crippen LogP contribution in [0.25, 0.3) is 0 Å². The third kappa shape index (κ3) is 3.91. The number of hydrogen-bond acceptors (Lipinski definition) is 4. The summed E-state index contributed by atoms with van der Waals surface area (Å²) in [6, 6.07) is -0.386. The highest BCUT2D eigenvalue weighted by Gasteiger charge is 2.48. The lowest BCUT2D eigenvalue weighted by Gasteiger charge is -2.39. The number of urea groups is 1. The fourth-order valence-corrected chi connectivity index (χ4v) is 3.41. The van der Waals surface area contributed by atoms with E-state index in [0.717, 1.165) is 38.4 Å². The molecule has 7 nitrogen and oxygen atoms in total. The molecule has 0 aromatic heterocycles. The van der Waals surface area contributed by atoms with Crippen LogP contribution in [-0.4, -0.2) is 66.5 Å². The number of hydrogen-bond donors (Lipinski definition) is 3. The molecule has 0 aliphatic carbocycles. The van der Waals surface area contributed by atoms with E-state index in [4.69, 9.17) is 0 Å². The van der Waals surface area contributed by atoms with Gasteiger partial charge in [0.15, 0.2) is 5.96 Å². The van der Waals surface area contributed by atoms with Gasteiger partial charge in [-0.3, -0.25) is 15.1 Å². The molecule has 0 aromatic rings. The first kappa shape index (κ1) is 17.9.